The van der Waals surface area contributed by atoms with Crippen LogP contribution in [-0.4, -0.2) is 27.1 Å². The number of Topliss-reactive ketones (excluding diaryl/α,β-unsaturated/α-hetero) is 1. The van der Waals surface area contributed by atoms with E-state index >= 15 is 0 Å². The van der Waals surface area contributed by atoms with Crippen LogP contribution in [-0.2, 0) is 14.9 Å². The predicted octanol–water partition coefficient (Wildman–Crippen LogP) is 4.70. The van der Waals surface area contributed by atoms with E-state index in [1.54, 1.807) is 0 Å². The minimum absolute atomic E-state index is 0.356. The lowest BCUT2D eigenvalue weighted by Gasteiger charge is -2.36. The third-order valence-electron chi connectivity index (χ3n) is 5.89. The van der Waals surface area contributed by atoms with Crippen molar-refractivity contribution in [2.45, 2.75) is 50.2 Å². The fourth-order valence-corrected chi connectivity index (χ4v) is 6.04. The summed E-state index contributed by atoms with van der Waals surface area (Å²) in [5.41, 5.74) is 0.696. The molecule has 1 saturated carbocycles. The van der Waals surface area contributed by atoms with Crippen LogP contribution in [0.1, 0.15) is 31.2 Å². The fourth-order valence-electron chi connectivity index (χ4n) is 4.00. The summed E-state index contributed by atoms with van der Waals surface area (Å²) in [4.78, 5) is 12.9. The number of hydrogen-bond acceptors (Lipinski definition) is 2. The zero-order valence-electron chi connectivity index (χ0n) is 16.0. The Hall–Kier alpha value is -1.71. The zero-order chi connectivity index (χ0) is 18.5. The second-order valence-electron chi connectivity index (χ2n) is 8.13. The molecule has 2 nitrogen and oxygen atoms in total. The van der Waals surface area contributed by atoms with Crippen LogP contribution in [0.4, 0.5) is 0 Å². The highest BCUT2D eigenvalue weighted by Crippen LogP contribution is 2.37. The first kappa shape index (κ1) is 19.1. The van der Waals surface area contributed by atoms with Crippen LogP contribution in [0.15, 0.2) is 60.7 Å². The van der Waals surface area contributed by atoms with Crippen molar-refractivity contribution >= 4 is 19.0 Å². The average molecular weight is 367 g/mol. The SMILES string of the molecule is C[Si](C)(CCOC[C@]1(c2ccccc2)CCCCC1=O)c1ccccc1. The Morgan fingerprint density at radius 3 is 2.27 bits per heavy atom. The number of hydrogen-bond donors (Lipinski definition) is 0. The van der Waals surface area contributed by atoms with Crippen LogP contribution in [0.2, 0.25) is 19.1 Å². The van der Waals surface area contributed by atoms with Crippen molar-refractivity contribution in [3.8, 4) is 0 Å². The number of rotatable bonds is 7. The maximum absolute atomic E-state index is 12.9. The van der Waals surface area contributed by atoms with Crippen LogP contribution >= 0.6 is 0 Å². The summed E-state index contributed by atoms with van der Waals surface area (Å²) in [6, 6.07) is 22.1. The number of ether oxygens (including phenoxy) is 1. The topological polar surface area (TPSA) is 26.3 Å². The molecule has 1 fully saturated rings. The first-order chi connectivity index (χ1) is 12.5. The van der Waals surface area contributed by atoms with Gasteiger partial charge in [0.1, 0.15) is 5.78 Å². The minimum Gasteiger partial charge on any atom is -0.380 e. The third kappa shape index (κ3) is 4.16. The minimum atomic E-state index is -1.50. The summed E-state index contributed by atoms with van der Waals surface area (Å²) in [5.74, 6) is 0.356. The van der Waals surface area contributed by atoms with Gasteiger partial charge in [-0.15, -0.1) is 0 Å². The van der Waals surface area contributed by atoms with Crippen molar-refractivity contribution in [2.24, 2.45) is 0 Å². The maximum Gasteiger partial charge on any atom is 0.145 e. The first-order valence-electron chi connectivity index (χ1n) is 9.77. The Kier molecular flexibility index (Phi) is 6.10. The number of carbonyl (C=O) groups excluding carboxylic acids is 1. The predicted molar refractivity (Wildman–Crippen MR) is 111 cm³/mol. The number of ketones is 1. The Balaban J connectivity index is 1.65. The molecule has 0 unspecified atom stereocenters. The van der Waals surface area contributed by atoms with Gasteiger partial charge in [0.25, 0.3) is 0 Å². The van der Waals surface area contributed by atoms with Gasteiger partial charge < -0.3 is 4.74 Å². The van der Waals surface area contributed by atoms with Crippen LogP contribution in [0.3, 0.4) is 0 Å². The van der Waals surface area contributed by atoms with Gasteiger partial charge in [0.2, 0.25) is 0 Å². The molecule has 1 aliphatic carbocycles. The van der Waals surface area contributed by atoms with E-state index in [9.17, 15) is 4.79 Å². The quantitative estimate of drug-likeness (QED) is 0.524. The van der Waals surface area contributed by atoms with Crippen LogP contribution in [0, 0.1) is 0 Å². The standard InChI is InChI=1S/C23H30O2Si/c1-26(2,21-13-7-4-8-14-21)18-17-25-19-23(16-10-9-15-22(23)24)20-11-5-3-6-12-20/h3-8,11-14H,9-10,15-19H2,1-2H3/t23-/m0/s1. The van der Waals surface area contributed by atoms with E-state index in [1.807, 2.05) is 18.2 Å². The number of carbonyl (C=O) groups is 1. The smallest absolute Gasteiger partial charge is 0.145 e. The van der Waals surface area contributed by atoms with Crippen molar-refractivity contribution in [1.29, 1.82) is 0 Å². The molecule has 0 bridgehead atoms. The molecule has 2 aromatic rings. The summed E-state index contributed by atoms with van der Waals surface area (Å²) in [6.07, 6.45) is 3.72. The van der Waals surface area contributed by atoms with E-state index in [0.717, 1.165) is 37.5 Å². The Labute approximate surface area is 158 Å². The molecule has 0 spiro atoms. The third-order valence-corrected chi connectivity index (χ3v) is 9.24. The molecule has 138 valence electrons. The van der Waals surface area contributed by atoms with Crippen molar-refractivity contribution in [3.05, 3.63) is 66.2 Å². The molecule has 26 heavy (non-hydrogen) atoms. The maximum atomic E-state index is 12.9. The molecule has 0 saturated heterocycles. The highest BCUT2D eigenvalue weighted by Gasteiger charge is 2.41. The van der Waals surface area contributed by atoms with E-state index in [1.165, 1.54) is 5.19 Å². The van der Waals surface area contributed by atoms with Gasteiger partial charge in [0, 0.05) is 13.0 Å². The summed E-state index contributed by atoms with van der Waals surface area (Å²) < 4.78 is 6.17. The zero-order valence-corrected chi connectivity index (χ0v) is 17.0. The van der Waals surface area contributed by atoms with Gasteiger partial charge in [-0.25, -0.2) is 0 Å². The molecule has 1 aliphatic rings. The lowest BCUT2D eigenvalue weighted by molar-refractivity contribution is -0.129. The van der Waals surface area contributed by atoms with E-state index in [2.05, 4.69) is 55.6 Å². The first-order valence-corrected chi connectivity index (χ1v) is 13.0. The molecule has 0 amide bonds. The highest BCUT2D eigenvalue weighted by molar-refractivity contribution is 6.89. The molecule has 0 radical (unpaired) electrons. The Morgan fingerprint density at radius 1 is 0.962 bits per heavy atom. The van der Waals surface area contributed by atoms with Crippen molar-refractivity contribution in [3.63, 3.8) is 0 Å². The van der Waals surface area contributed by atoms with Crippen molar-refractivity contribution in [2.75, 3.05) is 13.2 Å². The molecule has 0 heterocycles. The van der Waals surface area contributed by atoms with E-state index < -0.39 is 13.5 Å². The molecule has 3 heteroatoms. The van der Waals surface area contributed by atoms with Gasteiger partial charge in [0.15, 0.2) is 0 Å². The van der Waals surface area contributed by atoms with Gasteiger partial charge in [-0.1, -0.05) is 85.4 Å². The molecular weight excluding hydrogens is 336 g/mol. The largest absolute Gasteiger partial charge is 0.380 e. The monoisotopic (exact) mass is 366 g/mol. The molecule has 2 aromatic carbocycles. The van der Waals surface area contributed by atoms with E-state index in [-0.39, 0.29) is 0 Å². The van der Waals surface area contributed by atoms with Gasteiger partial charge in [0.05, 0.1) is 20.1 Å². The van der Waals surface area contributed by atoms with Crippen molar-refractivity contribution in [1.82, 2.24) is 0 Å². The van der Waals surface area contributed by atoms with E-state index in [0.29, 0.717) is 18.8 Å². The van der Waals surface area contributed by atoms with Gasteiger partial charge in [-0.05, 0) is 24.4 Å². The second-order valence-corrected chi connectivity index (χ2v) is 13.0. The summed E-state index contributed by atoms with van der Waals surface area (Å²) >= 11 is 0. The highest BCUT2D eigenvalue weighted by atomic mass is 28.3. The van der Waals surface area contributed by atoms with E-state index in [4.69, 9.17) is 4.74 Å². The molecule has 0 N–H and O–H groups in total. The lowest BCUT2D eigenvalue weighted by Crippen LogP contribution is -2.44. The van der Waals surface area contributed by atoms with Gasteiger partial charge >= 0.3 is 0 Å². The summed E-state index contributed by atoms with van der Waals surface area (Å²) in [5, 5.41) is 1.47. The normalized spacial score (nSPS) is 20.9. The van der Waals surface area contributed by atoms with Crippen LogP contribution < -0.4 is 5.19 Å². The molecule has 3 rings (SSSR count). The number of benzene rings is 2. The Bertz CT molecular complexity index is 712. The summed E-state index contributed by atoms with van der Waals surface area (Å²) in [6.45, 7) is 6.04. The Morgan fingerprint density at radius 2 is 1.62 bits per heavy atom. The average Bonchev–Trinajstić information content (AvgIpc) is 2.68. The van der Waals surface area contributed by atoms with Gasteiger partial charge in [-0.3, -0.25) is 4.79 Å². The molecule has 0 aromatic heterocycles. The van der Waals surface area contributed by atoms with Crippen LogP contribution in [0.25, 0.3) is 0 Å². The second kappa shape index (κ2) is 8.32. The van der Waals surface area contributed by atoms with Crippen molar-refractivity contribution < 1.29 is 9.53 Å². The fraction of sp³-hybridized carbons (Fsp3) is 0.435. The molecule has 1 atom stereocenters. The lowest BCUT2D eigenvalue weighted by atomic mass is 9.69. The molecular formula is C23H30O2Si. The summed E-state index contributed by atoms with van der Waals surface area (Å²) in [7, 11) is -1.50. The van der Waals surface area contributed by atoms with Gasteiger partial charge in [-0.2, -0.15) is 0 Å². The van der Waals surface area contributed by atoms with Crippen LogP contribution in [0.5, 0.6) is 0 Å². The molecule has 0 aliphatic heterocycles.